The molecule has 0 aliphatic carbocycles. The standard InChI is InChI=1S/C26H35N3O/c27-21-9-7-20(8-10-21)25-19-29-16-4-6-26(29)24-18-22(11-12-23(24)25)30-17-5-15-28-13-2-1-3-14-28/h7-12,18,25-26H,1-6,13-17,19,27H2/t25-,26+/m1/s1. The summed E-state index contributed by atoms with van der Waals surface area (Å²) in [5.41, 5.74) is 11.1. The molecule has 30 heavy (non-hydrogen) atoms. The van der Waals surface area contributed by atoms with E-state index in [9.17, 15) is 0 Å². The van der Waals surface area contributed by atoms with Gasteiger partial charge in [0.2, 0.25) is 0 Å². The number of anilines is 1. The zero-order valence-electron chi connectivity index (χ0n) is 18.1. The average molecular weight is 406 g/mol. The number of rotatable bonds is 6. The number of hydrogen-bond donors (Lipinski definition) is 1. The topological polar surface area (TPSA) is 41.7 Å². The van der Waals surface area contributed by atoms with Crippen LogP contribution in [0.3, 0.4) is 0 Å². The van der Waals surface area contributed by atoms with Gasteiger partial charge >= 0.3 is 0 Å². The van der Waals surface area contributed by atoms with E-state index >= 15 is 0 Å². The molecule has 0 spiro atoms. The van der Waals surface area contributed by atoms with Crippen molar-refractivity contribution in [2.45, 2.75) is 50.5 Å². The van der Waals surface area contributed by atoms with Crippen molar-refractivity contribution in [2.75, 3.05) is 45.1 Å². The molecule has 0 aromatic heterocycles. The first-order valence-corrected chi connectivity index (χ1v) is 11.9. The molecule has 0 saturated carbocycles. The molecule has 3 aliphatic heterocycles. The van der Waals surface area contributed by atoms with Gasteiger partial charge in [0.25, 0.3) is 0 Å². The van der Waals surface area contributed by atoms with Crippen LogP contribution in [0, 0.1) is 0 Å². The van der Waals surface area contributed by atoms with Gasteiger partial charge in [0.1, 0.15) is 5.75 Å². The Morgan fingerprint density at radius 1 is 0.900 bits per heavy atom. The first kappa shape index (κ1) is 19.9. The molecule has 2 fully saturated rings. The lowest BCUT2D eigenvalue weighted by Crippen LogP contribution is -2.34. The summed E-state index contributed by atoms with van der Waals surface area (Å²) < 4.78 is 6.21. The van der Waals surface area contributed by atoms with Gasteiger partial charge in [-0.2, -0.15) is 0 Å². The molecule has 2 aromatic carbocycles. The summed E-state index contributed by atoms with van der Waals surface area (Å²) in [7, 11) is 0. The highest BCUT2D eigenvalue weighted by Gasteiger charge is 2.36. The summed E-state index contributed by atoms with van der Waals surface area (Å²) >= 11 is 0. The van der Waals surface area contributed by atoms with Gasteiger partial charge in [-0.05, 0) is 92.7 Å². The number of benzene rings is 2. The fraction of sp³-hybridized carbons (Fsp3) is 0.538. The number of nitrogens with two attached hydrogens (primary N) is 1. The maximum absolute atomic E-state index is 6.21. The quantitative estimate of drug-likeness (QED) is 0.553. The Kier molecular flexibility index (Phi) is 5.96. The van der Waals surface area contributed by atoms with E-state index in [-0.39, 0.29) is 0 Å². The van der Waals surface area contributed by atoms with Crippen LogP contribution < -0.4 is 10.5 Å². The molecule has 0 unspecified atom stereocenters. The predicted molar refractivity (Wildman–Crippen MR) is 123 cm³/mol. The van der Waals surface area contributed by atoms with E-state index in [0.29, 0.717) is 12.0 Å². The van der Waals surface area contributed by atoms with Gasteiger partial charge < -0.3 is 15.4 Å². The van der Waals surface area contributed by atoms with E-state index in [0.717, 1.165) is 31.0 Å². The van der Waals surface area contributed by atoms with E-state index in [1.807, 2.05) is 12.1 Å². The molecule has 4 nitrogen and oxygen atoms in total. The number of ether oxygens (including phenoxy) is 1. The van der Waals surface area contributed by atoms with Gasteiger partial charge in [0.15, 0.2) is 0 Å². The van der Waals surface area contributed by atoms with Crippen molar-refractivity contribution < 1.29 is 4.74 Å². The summed E-state index contributed by atoms with van der Waals surface area (Å²) in [6.45, 7) is 6.82. The number of likely N-dealkylation sites (tertiary alicyclic amines) is 1. The Labute approximate surface area is 181 Å². The molecule has 3 aliphatic rings. The average Bonchev–Trinajstić information content (AvgIpc) is 3.26. The van der Waals surface area contributed by atoms with Crippen molar-refractivity contribution in [1.82, 2.24) is 9.80 Å². The van der Waals surface area contributed by atoms with E-state index in [1.165, 1.54) is 75.0 Å². The minimum absolute atomic E-state index is 0.420. The minimum Gasteiger partial charge on any atom is -0.494 e. The maximum atomic E-state index is 6.21. The van der Waals surface area contributed by atoms with Crippen LogP contribution in [0.4, 0.5) is 5.69 Å². The maximum Gasteiger partial charge on any atom is 0.119 e. The number of nitrogens with zero attached hydrogens (tertiary/aromatic N) is 2. The van der Waals surface area contributed by atoms with Gasteiger partial charge in [0, 0.05) is 30.7 Å². The smallest absolute Gasteiger partial charge is 0.119 e. The van der Waals surface area contributed by atoms with Crippen molar-refractivity contribution in [3.05, 3.63) is 59.2 Å². The monoisotopic (exact) mass is 405 g/mol. The van der Waals surface area contributed by atoms with E-state index in [2.05, 4.69) is 40.1 Å². The van der Waals surface area contributed by atoms with E-state index in [1.54, 1.807) is 0 Å². The molecular weight excluding hydrogens is 370 g/mol. The van der Waals surface area contributed by atoms with E-state index < -0.39 is 0 Å². The Balaban J connectivity index is 1.29. The van der Waals surface area contributed by atoms with Crippen LogP contribution in [0.1, 0.15) is 67.2 Å². The van der Waals surface area contributed by atoms with Crippen LogP contribution in [0.15, 0.2) is 42.5 Å². The Bertz CT molecular complexity index is 844. The SMILES string of the molecule is Nc1ccc([C@H]2CN3CCC[C@H]3c3cc(OCCCN4CCCCC4)ccc32)cc1. The van der Waals surface area contributed by atoms with Crippen LogP contribution >= 0.6 is 0 Å². The molecule has 160 valence electrons. The largest absolute Gasteiger partial charge is 0.494 e. The molecule has 2 aromatic rings. The lowest BCUT2D eigenvalue weighted by molar-refractivity contribution is 0.204. The van der Waals surface area contributed by atoms with Crippen LogP contribution in [0.2, 0.25) is 0 Å². The third kappa shape index (κ3) is 4.21. The fourth-order valence-corrected chi connectivity index (χ4v) is 5.65. The highest BCUT2D eigenvalue weighted by molar-refractivity contribution is 5.48. The molecular formula is C26H35N3O. The van der Waals surface area contributed by atoms with Crippen molar-refractivity contribution in [3.63, 3.8) is 0 Å². The molecule has 2 saturated heterocycles. The van der Waals surface area contributed by atoms with Crippen molar-refractivity contribution in [3.8, 4) is 5.75 Å². The van der Waals surface area contributed by atoms with Crippen LogP contribution in [-0.2, 0) is 0 Å². The molecule has 2 N–H and O–H groups in total. The predicted octanol–water partition coefficient (Wildman–Crippen LogP) is 4.81. The highest BCUT2D eigenvalue weighted by Crippen LogP contribution is 2.45. The Hall–Kier alpha value is -2.04. The van der Waals surface area contributed by atoms with Crippen LogP contribution in [-0.4, -0.2) is 49.1 Å². The summed E-state index contributed by atoms with van der Waals surface area (Å²) in [5, 5.41) is 0. The number of nitrogen functional groups attached to an aromatic ring is 1. The lowest BCUT2D eigenvalue weighted by atomic mass is 9.81. The van der Waals surface area contributed by atoms with Gasteiger partial charge in [-0.3, -0.25) is 4.90 Å². The molecule has 2 atom stereocenters. The van der Waals surface area contributed by atoms with E-state index in [4.69, 9.17) is 10.5 Å². The van der Waals surface area contributed by atoms with Gasteiger partial charge in [-0.1, -0.05) is 24.6 Å². The lowest BCUT2D eigenvalue weighted by Gasteiger charge is -2.37. The molecule has 0 radical (unpaired) electrons. The normalized spacial score (nSPS) is 24.4. The summed E-state index contributed by atoms with van der Waals surface area (Å²) in [4.78, 5) is 5.26. The van der Waals surface area contributed by atoms with Crippen molar-refractivity contribution >= 4 is 5.69 Å². The van der Waals surface area contributed by atoms with Crippen LogP contribution in [0.5, 0.6) is 5.75 Å². The second-order valence-electron chi connectivity index (χ2n) is 9.27. The number of hydrogen-bond acceptors (Lipinski definition) is 4. The third-order valence-electron chi connectivity index (χ3n) is 7.25. The molecule has 4 heteroatoms. The van der Waals surface area contributed by atoms with Gasteiger partial charge in [-0.25, -0.2) is 0 Å². The van der Waals surface area contributed by atoms with Crippen molar-refractivity contribution in [2.24, 2.45) is 0 Å². The third-order valence-corrected chi connectivity index (χ3v) is 7.25. The summed E-state index contributed by atoms with van der Waals surface area (Å²) in [5.74, 6) is 1.46. The highest BCUT2D eigenvalue weighted by atomic mass is 16.5. The fourth-order valence-electron chi connectivity index (χ4n) is 5.65. The molecule has 3 heterocycles. The summed E-state index contributed by atoms with van der Waals surface area (Å²) in [6.07, 6.45) is 7.79. The van der Waals surface area contributed by atoms with Gasteiger partial charge in [-0.15, -0.1) is 0 Å². The molecule has 5 rings (SSSR count). The van der Waals surface area contributed by atoms with Crippen molar-refractivity contribution in [1.29, 1.82) is 0 Å². The first-order valence-electron chi connectivity index (χ1n) is 11.9. The second kappa shape index (κ2) is 8.99. The Morgan fingerprint density at radius 2 is 1.73 bits per heavy atom. The summed E-state index contributed by atoms with van der Waals surface area (Å²) in [6, 6.07) is 15.9. The number of piperidine rings is 1. The van der Waals surface area contributed by atoms with Crippen LogP contribution in [0.25, 0.3) is 0 Å². The Morgan fingerprint density at radius 3 is 2.57 bits per heavy atom. The zero-order chi connectivity index (χ0) is 20.3. The second-order valence-corrected chi connectivity index (χ2v) is 9.27. The van der Waals surface area contributed by atoms with Gasteiger partial charge in [0.05, 0.1) is 6.61 Å². The minimum atomic E-state index is 0.420. The molecule has 0 amide bonds. The first-order chi connectivity index (χ1) is 14.8. The number of fused-ring (bicyclic) bond motifs is 3. The molecule has 0 bridgehead atoms. The zero-order valence-corrected chi connectivity index (χ0v) is 18.1.